The maximum atomic E-state index is 12.3. The molecule has 0 spiro atoms. The Hall–Kier alpha value is -2.89. The van der Waals surface area contributed by atoms with Crippen LogP contribution in [0.5, 0.6) is 0 Å². The number of hydrogen-bond acceptors (Lipinski definition) is 3. The van der Waals surface area contributed by atoms with Gasteiger partial charge in [0, 0.05) is 32.4 Å². The summed E-state index contributed by atoms with van der Waals surface area (Å²) in [7, 11) is 1.79. The van der Waals surface area contributed by atoms with Crippen molar-refractivity contribution < 1.29 is 9.59 Å². The monoisotopic (exact) mass is 310 g/mol. The van der Waals surface area contributed by atoms with E-state index in [0.717, 1.165) is 11.1 Å². The van der Waals surface area contributed by atoms with Gasteiger partial charge in [-0.3, -0.25) is 14.3 Å². The van der Waals surface area contributed by atoms with Crippen LogP contribution in [-0.2, 0) is 16.6 Å². The molecule has 2 aromatic rings. The highest BCUT2D eigenvalue weighted by Crippen LogP contribution is 2.32. The van der Waals surface area contributed by atoms with Crippen LogP contribution in [0.15, 0.2) is 42.7 Å². The van der Waals surface area contributed by atoms with Crippen molar-refractivity contribution in [3.8, 4) is 0 Å². The van der Waals surface area contributed by atoms with Crippen LogP contribution in [0.3, 0.4) is 0 Å². The zero-order valence-corrected chi connectivity index (χ0v) is 13.1. The van der Waals surface area contributed by atoms with Crippen LogP contribution in [0.2, 0.25) is 0 Å². The molecule has 1 unspecified atom stereocenters. The lowest BCUT2D eigenvalue weighted by atomic mass is 9.93. The molecule has 0 radical (unpaired) electrons. The number of nitrogens with one attached hydrogen (secondary N) is 1. The second-order valence-corrected chi connectivity index (χ2v) is 5.51. The fraction of sp³-hybridized carbons (Fsp3) is 0.235. The molecule has 1 aliphatic heterocycles. The number of benzene rings is 1. The standard InChI is InChI=1S/C17H18N4O2/c1-12(22)21-10-7-13-5-3-4-6-14(13)15(21)11-17(23)18-16-8-9-20(2)19-16/h3-10,15H,11H2,1-2H3,(H,18,19,23). The molecule has 23 heavy (non-hydrogen) atoms. The fourth-order valence-electron chi connectivity index (χ4n) is 2.76. The summed E-state index contributed by atoms with van der Waals surface area (Å²) >= 11 is 0. The zero-order chi connectivity index (χ0) is 16.4. The molecular weight excluding hydrogens is 292 g/mol. The second-order valence-electron chi connectivity index (χ2n) is 5.51. The number of carbonyl (C=O) groups excluding carboxylic acids is 2. The first-order chi connectivity index (χ1) is 11.0. The molecule has 1 aromatic carbocycles. The van der Waals surface area contributed by atoms with E-state index in [9.17, 15) is 9.59 Å². The maximum Gasteiger partial charge on any atom is 0.228 e. The highest BCUT2D eigenvalue weighted by Gasteiger charge is 2.28. The molecule has 3 rings (SSSR count). The van der Waals surface area contributed by atoms with Gasteiger partial charge in [-0.05, 0) is 17.2 Å². The van der Waals surface area contributed by atoms with Crippen molar-refractivity contribution in [1.82, 2.24) is 14.7 Å². The Bertz CT molecular complexity index is 778. The van der Waals surface area contributed by atoms with Crippen LogP contribution >= 0.6 is 0 Å². The van der Waals surface area contributed by atoms with Gasteiger partial charge >= 0.3 is 0 Å². The number of aromatic nitrogens is 2. The molecule has 0 bridgehead atoms. The minimum absolute atomic E-state index is 0.0913. The van der Waals surface area contributed by atoms with E-state index >= 15 is 0 Å². The Labute approximate surface area is 134 Å². The van der Waals surface area contributed by atoms with Crippen LogP contribution in [0.1, 0.15) is 30.5 Å². The Balaban J connectivity index is 1.81. The van der Waals surface area contributed by atoms with Crippen molar-refractivity contribution in [2.75, 3.05) is 5.32 Å². The molecule has 118 valence electrons. The van der Waals surface area contributed by atoms with E-state index in [1.165, 1.54) is 6.92 Å². The lowest BCUT2D eigenvalue weighted by Crippen LogP contribution is -2.33. The van der Waals surface area contributed by atoms with Crippen LogP contribution in [-0.4, -0.2) is 26.5 Å². The number of anilines is 1. The van der Waals surface area contributed by atoms with Gasteiger partial charge in [0.1, 0.15) is 0 Å². The van der Waals surface area contributed by atoms with Gasteiger partial charge < -0.3 is 10.2 Å². The minimum Gasteiger partial charge on any atom is -0.311 e. The summed E-state index contributed by atoms with van der Waals surface area (Å²) in [6.45, 7) is 1.50. The van der Waals surface area contributed by atoms with Crippen molar-refractivity contribution in [3.63, 3.8) is 0 Å². The highest BCUT2D eigenvalue weighted by molar-refractivity contribution is 5.91. The van der Waals surface area contributed by atoms with Crippen molar-refractivity contribution in [2.24, 2.45) is 7.05 Å². The number of hydrogen-bond donors (Lipinski definition) is 1. The Morgan fingerprint density at radius 1 is 1.26 bits per heavy atom. The number of rotatable bonds is 3. The average Bonchev–Trinajstić information content (AvgIpc) is 2.92. The molecule has 0 saturated carbocycles. The number of carbonyl (C=O) groups is 2. The molecule has 0 aliphatic carbocycles. The summed E-state index contributed by atoms with van der Waals surface area (Å²) in [5, 5.41) is 6.90. The van der Waals surface area contributed by atoms with Gasteiger partial charge in [0.15, 0.2) is 5.82 Å². The van der Waals surface area contributed by atoms with Crippen LogP contribution in [0, 0.1) is 0 Å². The van der Waals surface area contributed by atoms with E-state index in [1.54, 1.807) is 35.1 Å². The third kappa shape index (κ3) is 3.15. The number of amides is 2. The van der Waals surface area contributed by atoms with Gasteiger partial charge in [-0.1, -0.05) is 24.3 Å². The largest absolute Gasteiger partial charge is 0.311 e. The van der Waals surface area contributed by atoms with E-state index in [-0.39, 0.29) is 24.3 Å². The Kier molecular flexibility index (Phi) is 3.97. The fourth-order valence-corrected chi connectivity index (χ4v) is 2.76. The van der Waals surface area contributed by atoms with Gasteiger partial charge in [0.05, 0.1) is 12.5 Å². The van der Waals surface area contributed by atoms with Gasteiger partial charge in [-0.25, -0.2) is 0 Å². The van der Waals surface area contributed by atoms with E-state index in [0.29, 0.717) is 5.82 Å². The predicted octanol–water partition coefficient (Wildman–Crippen LogP) is 2.32. The normalized spacial score (nSPS) is 16.1. The smallest absolute Gasteiger partial charge is 0.228 e. The lowest BCUT2D eigenvalue weighted by Gasteiger charge is -2.32. The van der Waals surface area contributed by atoms with Crippen molar-refractivity contribution in [3.05, 3.63) is 53.9 Å². The summed E-state index contributed by atoms with van der Waals surface area (Å²) in [5.74, 6) is 0.239. The summed E-state index contributed by atoms with van der Waals surface area (Å²) in [4.78, 5) is 25.8. The third-order valence-corrected chi connectivity index (χ3v) is 3.83. The zero-order valence-electron chi connectivity index (χ0n) is 13.1. The number of aryl methyl sites for hydroxylation is 1. The topological polar surface area (TPSA) is 67.2 Å². The average molecular weight is 310 g/mol. The first-order valence-corrected chi connectivity index (χ1v) is 7.40. The van der Waals surface area contributed by atoms with Crippen molar-refractivity contribution in [2.45, 2.75) is 19.4 Å². The summed E-state index contributed by atoms with van der Waals surface area (Å²) < 4.78 is 1.62. The second kappa shape index (κ2) is 6.08. The maximum absolute atomic E-state index is 12.3. The first kappa shape index (κ1) is 15.0. The molecule has 1 aliphatic rings. The SMILES string of the molecule is CC(=O)N1C=Cc2ccccc2C1CC(=O)Nc1ccn(C)n1. The number of nitrogens with zero attached hydrogens (tertiary/aromatic N) is 3. The predicted molar refractivity (Wildman–Crippen MR) is 87.2 cm³/mol. The summed E-state index contributed by atoms with van der Waals surface area (Å²) in [5.41, 5.74) is 2.00. The van der Waals surface area contributed by atoms with Gasteiger partial charge in [0.2, 0.25) is 11.8 Å². The van der Waals surface area contributed by atoms with E-state index in [4.69, 9.17) is 0 Å². The van der Waals surface area contributed by atoms with Crippen molar-refractivity contribution in [1.29, 1.82) is 0 Å². The molecule has 0 saturated heterocycles. The summed E-state index contributed by atoms with van der Waals surface area (Å²) in [6.07, 6.45) is 5.57. The van der Waals surface area contributed by atoms with Gasteiger partial charge in [0.25, 0.3) is 0 Å². The Morgan fingerprint density at radius 2 is 2.04 bits per heavy atom. The lowest BCUT2D eigenvalue weighted by molar-refractivity contribution is -0.129. The molecular formula is C17H18N4O2. The molecule has 0 fully saturated rings. The molecule has 2 heterocycles. The molecule has 1 atom stereocenters. The quantitative estimate of drug-likeness (QED) is 0.946. The third-order valence-electron chi connectivity index (χ3n) is 3.83. The molecule has 6 nitrogen and oxygen atoms in total. The van der Waals surface area contributed by atoms with E-state index in [1.807, 2.05) is 30.3 Å². The van der Waals surface area contributed by atoms with Crippen LogP contribution < -0.4 is 5.32 Å². The minimum atomic E-state index is -0.308. The molecule has 1 N–H and O–H groups in total. The van der Waals surface area contributed by atoms with E-state index in [2.05, 4.69) is 10.4 Å². The molecule has 2 amide bonds. The van der Waals surface area contributed by atoms with Crippen LogP contribution in [0.4, 0.5) is 5.82 Å². The summed E-state index contributed by atoms with van der Waals surface area (Å²) in [6, 6.07) is 9.21. The number of fused-ring (bicyclic) bond motifs is 1. The van der Waals surface area contributed by atoms with Crippen LogP contribution in [0.25, 0.3) is 6.08 Å². The first-order valence-electron chi connectivity index (χ1n) is 7.40. The molecule has 6 heteroatoms. The van der Waals surface area contributed by atoms with E-state index < -0.39 is 0 Å². The van der Waals surface area contributed by atoms with Gasteiger partial charge in [-0.2, -0.15) is 5.10 Å². The van der Waals surface area contributed by atoms with Gasteiger partial charge in [-0.15, -0.1) is 0 Å². The van der Waals surface area contributed by atoms with Crippen molar-refractivity contribution >= 4 is 23.7 Å². The highest BCUT2D eigenvalue weighted by atomic mass is 16.2. The molecule has 1 aromatic heterocycles. The Morgan fingerprint density at radius 3 is 2.74 bits per heavy atom.